The number of amides is 2. The molecule has 3 aromatic rings. The van der Waals surface area contributed by atoms with Crippen LogP contribution in [0, 0.1) is 0 Å². The van der Waals surface area contributed by atoms with Gasteiger partial charge >= 0.3 is 0 Å². The highest BCUT2D eigenvalue weighted by Gasteiger charge is 2.22. The van der Waals surface area contributed by atoms with Gasteiger partial charge in [-0.05, 0) is 42.7 Å². The molecule has 8 heteroatoms. The number of aromatic nitrogens is 2. The molecule has 1 fully saturated rings. The van der Waals surface area contributed by atoms with Crippen LogP contribution in [-0.2, 0) is 17.9 Å². The lowest BCUT2D eigenvalue weighted by atomic mass is 10.1. The summed E-state index contributed by atoms with van der Waals surface area (Å²) in [5, 5.41) is 8.73. The number of halogens is 1. The maximum Gasteiger partial charge on any atom is 0.254 e. The Labute approximate surface area is 192 Å². The first-order chi connectivity index (χ1) is 15.5. The topological polar surface area (TPSA) is 79.5 Å². The third-order valence-electron chi connectivity index (χ3n) is 5.40. The van der Waals surface area contributed by atoms with Crippen molar-refractivity contribution in [2.75, 3.05) is 13.1 Å². The van der Waals surface area contributed by atoms with Crippen LogP contribution >= 0.6 is 11.6 Å². The minimum atomic E-state index is -0.112. The highest BCUT2D eigenvalue weighted by atomic mass is 35.5. The Morgan fingerprint density at radius 1 is 1.19 bits per heavy atom. The summed E-state index contributed by atoms with van der Waals surface area (Å²) in [4.78, 5) is 28.7. The molecule has 0 radical (unpaired) electrons. The lowest BCUT2D eigenvalue weighted by Crippen LogP contribution is -2.31. The first-order valence-electron chi connectivity index (χ1n) is 10.8. The number of rotatable bonds is 8. The zero-order chi connectivity index (χ0) is 22.5. The highest BCUT2D eigenvalue weighted by molar-refractivity contribution is 6.33. The van der Waals surface area contributed by atoms with Crippen LogP contribution in [0.2, 0.25) is 5.02 Å². The number of likely N-dealkylation sites (tertiary alicyclic amines) is 1. The minimum Gasteiger partial charge on any atom is -0.419 e. The van der Waals surface area contributed by atoms with Crippen molar-refractivity contribution in [3.05, 3.63) is 70.6 Å². The molecule has 2 amide bonds. The van der Waals surface area contributed by atoms with Crippen LogP contribution in [0.5, 0.6) is 0 Å². The molecule has 0 atom stereocenters. The molecular formula is C24H25ClN4O3. The maximum atomic E-state index is 13.3. The third-order valence-corrected chi connectivity index (χ3v) is 5.73. The Hall–Kier alpha value is -3.19. The van der Waals surface area contributed by atoms with E-state index in [0.717, 1.165) is 24.9 Å². The van der Waals surface area contributed by atoms with Gasteiger partial charge in [0.25, 0.3) is 5.91 Å². The number of benzene rings is 2. The number of hydrogen-bond acceptors (Lipinski definition) is 5. The van der Waals surface area contributed by atoms with Crippen molar-refractivity contribution >= 4 is 23.4 Å². The Morgan fingerprint density at radius 3 is 2.78 bits per heavy atom. The maximum absolute atomic E-state index is 13.3. The van der Waals surface area contributed by atoms with E-state index in [0.29, 0.717) is 47.4 Å². The molecule has 0 unspecified atom stereocenters. The van der Waals surface area contributed by atoms with Gasteiger partial charge in [0.1, 0.15) is 0 Å². The van der Waals surface area contributed by atoms with Gasteiger partial charge in [-0.1, -0.05) is 42.8 Å². The fourth-order valence-electron chi connectivity index (χ4n) is 3.82. The van der Waals surface area contributed by atoms with E-state index in [2.05, 4.69) is 10.2 Å². The van der Waals surface area contributed by atoms with Crippen molar-refractivity contribution in [2.24, 2.45) is 0 Å². The first kappa shape index (κ1) is 22.0. The van der Waals surface area contributed by atoms with Crippen molar-refractivity contribution < 1.29 is 14.0 Å². The van der Waals surface area contributed by atoms with Crippen LogP contribution in [0.3, 0.4) is 0 Å². The van der Waals surface area contributed by atoms with Crippen molar-refractivity contribution in [1.29, 1.82) is 0 Å². The average Bonchev–Trinajstić information content (AvgIpc) is 3.42. The van der Waals surface area contributed by atoms with Gasteiger partial charge in [0.15, 0.2) is 0 Å². The molecule has 2 aromatic carbocycles. The molecule has 166 valence electrons. The largest absolute Gasteiger partial charge is 0.419 e. The smallest absolute Gasteiger partial charge is 0.254 e. The fourth-order valence-corrected chi connectivity index (χ4v) is 4.04. The van der Waals surface area contributed by atoms with Gasteiger partial charge in [-0.2, -0.15) is 0 Å². The lowest BCUT2D eigenvalue weighted by molar-refractivity contribution is -0.128. The predicted molar refractivity (Wildman–Crippen MR) is 121 cm³/mol. The Morgan fingerprint density at radius 2 is 2.03 bits per heavy atom. The molecule has 0 saturated carbocycles. The van der Waals surface area contributed by atoms with Gasteiger partial charge in [0, 0.05) is 31.6 Å². The molecule has 2 heterocycles. The van der Waals surface area contributed by atoms with Gasteiger partial charge in [-0.3, -0.25) is 9.59 Å². The summed E-state index contributed by atoms with van der Waals surface area (Å²) in [6.07, 6.45) is 2.28. The number of carbonyl (C=O) groups excluding carboxylic acids is 2. The predicted octanol–water partition coefficient (Wildman–Crippen LogP) is 4.56. The molecule has 0 aliphatic carbocycles. The minimum absolute atomic E-state index is 0.112. The molecule has 32 heavy (non-hydrogen) atoms. The molecule has 0 spiro atoms. The second-order valence-corrected chi connectivity index (χ2v) is 8.23. The summed E-state index contributed by atoms with van der Waals surface area (Å²) in [7, 11) is 0. The Balaban J connectivity index is 1.49. The zero-order valence-corrected chi connectivity index (χ0v) is 18.7. The summed E-state index contributed by atoms with van der Waals surface area (Å²) < 4.78 is 5.79. The number of nitrogens with zero attached hydrogens (tertiary/aromatic N) is 4. The Bertz CT molecular complexity index is 1110. The molecule has 1 aliphatic rings. The van der Waals surface area contributed by atoms with Crippen LogP contribution in [0.25, 0.3) is 11.5 Å². The van der Waals surface area contributed by atoms with E-state index in [4.69, 9.17) is 16.0 Å². The van der Waals surface area contributed by atoms with Gasteiger partial charge in [0.2, 0.25) is 17.7 Å². The van der Waals surface area contributed by atoms with E-state index in [9.17, 15) is 9.59 Å². The van der Waals surface area contributed by atoms with E-state index >= 15 is 0 Å². The summed E-state index contributed by atoms with van der Waals surface area (Å²) >= 11 is 6.22. The quantitative estimate of drug-likeness (QED) is 0.500. The molecule has 7 nitrogen and oxygen atoms in total. The summed E-state index contributed by atoms with van der Waals surface area (Å²) in [5.74, 6) is 0.728. The van der Waals surface area contributed by atoms with E-state index in [1.54, 1.807) is 17.0 Å². The Kier molecular flexibility index (Phi) is 6.85. The van der Waals surface area contributed by atoms with Crippen LogP contribution < -0.4 is 0 Å². The third kappa shape index (κ3) is 4.99. The molecule has 4 rings (SSSR count). The van der Waals surface area contributed by atoms with Crippen molar-refractivity contribution in [3.8, 4) is 11.5 Å². The zero-order valence-electron chi connectivity index (χ0n) is 18.0. The number of hydrogen-bond donors (Lipinski definition) is 0. The summed E-state index contributed by atoms with van der Waals surface area (Å²) in [6.45, 7) is 4.07. The van der Waals surface area contributed by atoms with E-state index in [-0.39, 0.29) is 18.4 Å². The standard InChI is InChI=1S/C24H25ClN4O3/c1-2-12-29(16-21-26-27-23(32-21)19-9-3-4-10-20(19)25)24(31)18-8-5-7-17(14-18)15-28-13-6-11-22(28)30/h3-5,7-10,14H,2,6,11-13,15-16H2,1H3. The fraction of sp³-hybridized carbons (Fsp3) is 0.333. The number of carbonyl (C=O) groups is 2. The van der Waals surface area contributed by atoms with Crippen LogP contribution in [0.15, 0.2) is 52.9 Å². The van der Waals surface area contributed by atoms with E-state index in [1.165, 1.54) is 0 Å². The second kappa shape index (κ2) is 9.96. The van der Waals surface area contributed by atoms with Crippen LogP contribution in [0.4, 0.5) is 0 Å². The first-order valence-corrected chi connectivity index (χ1v) is 11.2. The summed E-state index contributed by atoms with van der Waals surface area (Å²) in [5.41, 5.74) is 2.18. The highest BCUT2D eigenvalue weighted by Crippen LogP contribution is 2.26. The van der Waals surface area contributed by atoms with Crippen molar-refractivity contribution in [2.45, 2.75) is 39.3 Å². The van der Waals surface area contributed by atoms with Gasteiger partial charge < -0.3 is 14.2 Å². The SMILES string of the molecule is CCCN(Cc1nnc(-c2ccccc2Cl)o1)C(=O)c1cccc(CN2CCCC2=O)c1. The molecule has 1 aromatic heterocycles. The molecule has 1 saturated heterocycles. The molecular weight excluding hydrogens is 428 g/mol. The second-order valence-electron chi connectivity index (χ2n) is 7.83. The van der Waals surface area contributed by atoms with E-state index in [1.807, 2.05) is 48.2 Å². The van der Waals surface area contributed by atoms with Crippen LogP contribution in [0.1, 0.15) is 48.0 Å². The average molecular weight is 453 g/mol. The molecule has 1 aliphatic heterocycles. The lowest BCUT2D eigenvalue weighted by Gasteiger charge is -2.21. The molecule has 0 N–H and O–H groups in total. The normalized spacial score (nSPS) is 13.6. The van der Waals surface area contributed by atoms with Crippen molar-refractivity contribution in [3.63, 3.8) is 0 Å². The van der Waals surface area contributed by atoms with E-state index < -0.39 is 0 Å². The van der Waals surface area contributed by atoms with Gasteiger partial charge in [-0.25, -0.2) is 0 Å². The van der Waals surface area contributed by atoms with Crippen molar-refractivity contribution in [1.82, 2.24) is 20.0 Å². The molecule has 0 bridgehead atoms. The van der Waals surface area contributed by atoms with Crippen LogP contribution in [-0.4, -0.2) is 44.9 Å². The summed E-state index contributed by atoms with van der Waals surface area (Å²) in [6, 6.07) is 14.7. The van der Waals surface area contributed by atoms with Gasteiger partial charge in [0.05, 0.1) is 17.1 Å². The van der Waals surface area contributed by atoms with Gasteiger partial charge in [-0.15, -0.1) is 10.2 Å². The monoisotopic (exact) mass is 452 g/mol.